The van der Waals surface area contributed by atoms with Crippen molar-refractivity contribution in [2.75, 3.05) is 26.2 Å². The van der Waals surface area contributed by atoms with Gasteiger partial charge in [-0.1, -0.05) is 60.7 Å². The molecule has 16 heteroatoms. The number of ether oxygens (including phenoxy) is 7. The second-order valence-corrected chi connectivity index (χ2v) is 14.5. The first kappa shape index (κ1) is 42.1. The quantitative estimate of drug-likeness (QED) is 0.144. The molecule has 0 bridgehead atoms. The summed E-state index contributed by atoms with van der Waals surface area (Å²) in [6.45, 7) is 6.77. The van der Waals surface area contributed by atoms with Crippen molar-refractivity contribution in [1.82, 2.24) is 10.2 Å². The third kappa shape index (κ3) is 12.2. The molecule has 3 aliphatic heterocycles. The van der Waals surface area contributed by atoms with E-state index in [2.05, 4.69) is 10.2 Å². The highest BCUT2D eigenvalue weighted by atomic mass is 32.1. The van der Waals surface area contributed by atoms with Crippen LogP contribution in [0, 0.1) is 0 Å². The summed E-state index contributed by atoms with van der Waals surface area (Å²) in [5, 5.41) is 22.8. The van der Waals surface area contributed by atoms with E-state index in [9.17, 15) is 29.4 Å². The highest BCUT2D eigenvalue weighted by Crippen LogP contribution is 2.38. The van der Waals surface area contributed by atoms with Crippen LogP contribution in [-0.4, -0.2) is 113 Å². The van der Waals surface area contributed by atoms with Crippen molar-refractivity contribution in [3.8, 4) is 0 Å². The van der Waals surface area contributed by atoms with Crippen LogP contribution in [0.25, 0.3) is 0 Å². The Morgan fingerprint density at radius 3 is 1.98 bits per heavy atom. The first-order valence-corrected chi connectivity index (χ1v) is 18.8. The Morgan fingerprint density at radius 2 is 1.40 bits per heavy atom. The summed E-state index contributed by atoms with van der Waals surface area (Å²) in [7, 11) is 0. The van der Waals surface area contributed by atoms with Gasteiger partial charge in [0.1, 0.15) is 18.8 Å². The minimum absolute atomic E-state index is 0.0202. The van der Waals surface area contributed by atoms with Crippen molar-refractivity contribution in [3.63, 3.8) is 0 Å². The second kappa shape index (κ2) is 19.7. The average Bonchev–Trinajstić information content (AvgIpc) is 3.55. The van der Waals surface area contributed by atoms with Gasteiger partial charge < -0.3 is 48.7 Å². The number of carbonyl (C=O) groups excluding carboxylic acids is 4. The molecular weight excluding hydrogens is 736 g/mol. The Hall–Kier alpha value is -4.03. The number of hydrogen-bond acceptors (Lipinski definition) is 15. The fourth-order valence-electron chi connectivity index (χ4n) is 7.03. The summed E-state index contributed by atoms with van der Waals surface area (Å²) in [5.74, 6) is -2.71. The van der Waals surface area contributed by atoms with Crippen molar-refractivity contribution in [2.24, 2.45) is 0 Å². The van der Waals surface area contributed by atoms with Crippen LogP contribution in [0.15, 0.2) is 48.5 Å². The summed E-state index contributed by atoms with van der Waals surface area (Å²) in [5.41, 5.74) is 3.52. The molecule has 1 unspecified atom stereocenters. The van der Waals surface area contributed by atoms with E-state index in [1.54, 1.807) is 0 Å². The summed E-state index contributed by atoms with van der Waals surface area (Å²) in [6, 6.07) is 15.4. The van der Waals surface area contributed by atoms with E-state index >= 15 is 0 Å². The third-order valence-electron chi connectivity index (χ3n) is 9.54. The maximum Gasteiger partial charge on any atom is 0.303 e. The van der Waals surface area contributed by atoms with Gasteiger partial charge in [-0.15, -0.1) is 0 Å². The number of nitrogens with one attached hydrogen (secondary N) is 1. The lowest BCUT2D eigenvalue weighted by Gasteiger charge is -2.44. The smallest absolute Gasteiger partial charge is 0.303 e. The average molecular weight is 787 g/mol. The first-order valence-electron chi connectivity index (χ1n) is 18.3. The summed E-state index contributed by atoms with van der Waals surface area (Å²) in [4.78, 5) is 50.6. The topological polar surface area (TPSA) is 189 Å². The maximum atomic E-state index is 12.2. The van der Waals surface area contributed by atoms with E-state index in [1.807, 2.05) is 48.5 Å². The van der Waals surface area contributed by atoms with Gasteiger partial charge >= 0.3 is 23.9 Å². The Bertz CT molecular complexity index is 1640. The van der Waals surface area contributed by atoms with Crippen molar-refractivity contribution in [2.45, 2.75) is 115 Å². The minimum atomic E-state index is -1.27. The van der Waals surface area contributed by atoms with Gasteiger partial charge in [0.2, 0.25) is 0 Å². The van der Waals surface area contributed by atoms with Crippen LogP contribution in [0.3, 0.4) is 0 Å². The standard InChI is InChI=1S/C39H50N2O13S/c1-22(43)48-21-34-37(50-24(3)45)38(51-25(4)46)36(49-23(2)44)33(53-34)16-35(55)40-17-26-5-11-29(12-6-26)39-52-31(19-41-14-13-30(47)18-41)15-32(54-39)28-9-7-27(20-42)8-10-28/h5-12,30-34,36-39,42,47H,13-21H2,1-4H3,(H,40,55)/t30-,31+,32-,33+,34-,36+,37-,38-,39?/m1/s1. The zero-order chi connectivity index (χ0) is 39.6. The van der Waals surface area contributed by atoms with Crippen molar-refractivity contribution < 1.29 is 62.5 Å². The second-order valence-electron chi connectivity index (χ2n) is 14.0. The fraction of sp³-hybridized carbons (Fsp3) is 0.564. The van der Waals surface area contributed by atoms with Gasteiger partial charge in [-0.3, -0.25) is 24.1 Å². The largest absolute Gasteiger partial charge is 0.463 e. The molecule has 55 heavy (non-hydrogen) atoms. The Labute approximate surface area is 325 Å². The van der Waals surface area contributed by atoms with E-state index in [-0.39, 0.29) is 37.9 Å². The highest BCUT2D eigenvalue weighted by Gasteiger charge is 2.52. The summed E-state index contributed by atoms with van der Waals surface area (Å²) < 4.78 is 40.8. The minimum Gasteiger partial charge on any atom is -0.463 e. The molecule has 5 rings (SSSR count). The van der Waals surface area contributed by atoms with Gasteiger partial charge in [-0.25, -0.2) is 0 Å². The lowest BCUT2D eigenvalue weighted by molar-refractivity contribution is -0.252. The molecule has 0 saturated carbocycles. The molecule has 9 atom stereocenters. The molecule has 0 aliphatic carbocycles. The predicted molar refractivity (Wildman–Crippen MR) is 198 cm³/mol. The van der Waals surface area contributed by atoms with Crippen molar-refractivity contribution in [3.05, 3.63) is 70.8 Å². The Kier molecular flexibility index (Phi) is 15.1. The van der Waals surface area contributed by atoms with Crippen LogP contribution in [0.5, 0.6) is 0 Å². The number of rotatable bonds is 14. The molecule has 3 heterocycles. The predicted octanol–water partition coefficient (Wildman–Crippen LogP) is 2.72. The third-order valence-corrected chi connectivity index (χ3v) is 9.85. The van der Waals surface area contributed by atoms with Gasteiger partial charge in [-0.05, 0) is 23.1 Å². The van der Waals surface area contributed by atoms with Crippen molar-refractivity contribution >= 4 is 41.1 Å². The van der Waals surface area contributed by atoms with Gasteiger partial charge in [0.05, 0.1) is 29.9 Å². The molecule has 0 amide bonds. The molecule has 0 spiro atoms. The van der Waals surface area contributed by atoms with E-state index < -0.39 is 60.7 Å². The van der Waals surface area contributed by atoms with Crippen LogP contribution < -0.4 is 5.32 Å². The monoisotopic (exact) mass is 786 g/mol. The summed E-state index contributed by atoms with van der Waals surface area (Å²) in [6.07, 6.45) is -5.70. The lowest BCUT2D eigenvalue weighted by atomic mass is 9.92. The SMILES string of the molecule is CC(=O)OC[C@H]1O[C@@H](CC(=S)NCc2ccc(C3O[C@H](CN4CC[C@@H](O)C4)C[C@H](c4ccc(CO)cc4)O3)cc2)[C@H](OC(C)=O)[C@@H](OC(C)=O)[C@@H]1OC(C)=O. The molecule has 0 aromatic heterocycles. The molecule has 300 valence electrons. The number of thiocarbonyl (C=S) groups is 1. The summed E-state index contributed by atoms with van der Waals surface area (Å²) >= 11 is 5.67. The molecule has 2 aromatic rings. The Morgan fingerprint density at radius 1 is 0.800 bits per heavy atom. The van der Waals surface area contributed by atoms with E-state index in [0.29, 0.717) is 31.0 Å². The molecule has 15 nitrogen and oxygen atoms in total. The molecule has 3 fully saturated rings. The van der Waals surface area contributed by atoms with Crippen molar-refractivity contribution in [1.29, 1.82) is 0 Å². The zero-order valence-corrected chi connectivity index (χ0v) is 32.2. The van der Waals surface area contributed by atoms with Gasteiger partial charge in [-0.2, -0.15) is 0 Å². The molecular formula is C39H50N2O13S. The van der Waals surface area contributed by atoms with Gasteiger partial charge in [0.15, 0.2) is 24.6 Å². The maximum absolute atomic E-state index is 12.2. The van der Waals surface area contributed by atoms with Gasteiger partial charge in [0, 0.05) is 72.3 Å². The van der Waals surface area contributed by atoms with Crippen LogP contribution in [0.2, 0.25) is 0 Å². The highest BCUT2D eigenvalue weighted by molar-refractivity contribution is 7.80. The molecule has 3 aliphatic rings. The number of esters is 4. The van der Waals surface area contributed by atoms with Crippen LogP contribution in [-0.2, 0) is 65.5 Å². The van der Waals surface area contributed by atoms with Crippen LogP contribution in [0.4, 0.5) is 0 Å². The van der Waals surface area contributed by atoms with E-state index in [0.717, 1.165) is 42.1 Å². The van der Waals surface area contributed by atoms with E-state index in [4.69, 9.17) is 45.4 Å². The zero-order valence-electron chi connectivity index (χ0n) is 31.4. The number of β-amino-alcohol motifs (C(OH)–C–C–N with tert-alkyl or cyclic N) is 1. The molecule has 2 aromatic carbocycles. The normalized spacial score (nSPS) is 28.1. The number of hydrogen-bond donors (Lipinski definition) is 3. The lowest BCUT2D eigenvalue weighted by Crippen LogP contribution is -2.62. The number of benzene rings is 2. The van der Waals surface area contributed by atoms with Gasteiger partial charge in [0.25, 0.3) is 0 Å². The molecule has 3 saturated heterocycles. The van der Waals surface area contributed by atoms with Crippen LogP contribution >= 0.6 is 12.2 Å². The van der Waals surface area contributed by atoms with E-state index in [1.165, 1.54) is 20.8 Å². The fourth-order valence-corrected chi connectivity index (χ4v) is 7.27. The Balaban J connectivity index is 1.25. The molecule has 3 N–H and O–H groups in total. The molecule has 0 radical (unpaired) electrons. The number of likely N-dealkylation sites (tertiary alicyclic amines) is 1. The van der Waals surface area contributed by atoms with Crippen LogP contribution in [0.1, 0.15) is 81.6 Å². The first-order chi connectivity index (χ1) is 26.3. The number of carbonyl (C=O) groups is 4. The number of nitrogens with zero attached hydrogens (tertiary/aromatic N) is 1. The number of aliphatic hydroxyl groups is 2. The number of aliphatic hydroxyl groups excluding tert-OH is 2.